The molecule has 1 aliphatic rings. The highest BCUT2D eigenvalue weighted by atomic mass is 35.5. The van der Waals surface area contributed by atoms with E-state index >= 15 is 0 Å². The molecule has 33 heavy (non-hydrogen) atoms. The fraction of sp³-hybridized carbons (Fsp3) is 0.308. The highest BCUT2D eigenvalue weighted by Crippen LogP contribution is 2.31. The van der Waals surface area contributed by atoms with Crippen LogP contribution in [0.15, 0.2) is 54.6 Å². The molecule has 0 atom stereocenters. The molecule has 172 valence electrons. The number of carbonyl (C=O) groups excluding carboxylic acids is 2. The molecule has 4 rings (SSSR count). The van der Waals surface area contributed by atoms with Gasteiger partial charge in [-0.3, -0.25) is 9.59 Å². The lowest BCUT2D eigenvalue weighted by atomic mass is 10.0. The maximum atomic E-state index is 13.0. The number of anilines is 2. The molecule has 5 nitrogen and oxygen atoms in total. The van der Waals surface area contributed by atoms with E-state index < -0.39 is 0 Å². The Bertz CT molecular complexity index is 1190. The Morgan fingerprint density at radius 3 is 2.30 bits per heavy atom. The third kappa shape index (κ3) is 5.26. The number of hydrogen-bond donors (Lipinski definition) is 1. The SMILES string of the molecule is CC(C)CC(=O)N1CCN(c2ccc(NC(=O)c3cccc4c(Cl)cccc34)cc2Cl)CC1. The van der Waals surface area contributed by atoms with Crippen molar-refractivity contribution >= 4 is 57.2 Å². The molecule has 0 spiro atoms. The molecule has 1 N–H and O–H groups in total. The number of piperazine rings is 1. The fourth-order valence-electron chi connectivity index (χ4n) is 4.18. The summed E-state index contributed by atoms with van der Waals surface area (Å²) in [5, 5.41) is 5.76. The molecule has 1 saturated heterocycles. The molecule has 0 aliphatic carbocycles. The number of amides is 2. The minimum absolute atomic E-state index is 0.212. The quantitative estimate of drug-likeness (QED) is 0.477. The Labute approximate surface area is 204 Å². The molecular formula is C26H27Cl2N3O2. The zero-order valence-corrected chi connectivity index (χ0v) is 20.3. The molecule has 1 heterocycles. The van der Waals surface area contributed by atoms with Crippen LogP contribution >= 0.6 is 23.2 Å². The van der Waals surface area contributed by atoms with Gasteiger partial charge in [-0.2, -0.15) is 0 Å². The lowest BCUT2D eigenvalue weighted by Crippen LogP contribution is -2.49. The maximum absolute atomic E-state index is 13.0. The number of carbonyl (C=O) groups is 2. The van der Waals surface area contributed by atoms with Gasteiger partial charge >= 0.3 is 0 Å². The highest BCUT2D eigenvalue weighted by Gasteiger charge is 2.23. The summed E-state index contributed by atoms with van der Waals surface area (Å²) in [7, 11) is 0. The summed E-state index contributed by atoms with van der Waals surface area (Å²) in [6.07, 6.45) is 0.581. The van der Waals surface area contributed by atoms with Crippen molar-refractivity contribution in [2.24, 2.45) is 5.92 Å². The molecule has 0 bridgehead atoms. The molecule has 0 radical (unpaired) electrons. The molecular weight excluding hydrogens is 457 g/mol. The Morgan fingerprint density at radius 1 is 0.909 bits per heavy atom. The van der Waals surface area contributed by atoms with Gasteiger partial charge in [-0.15, -0.1) is 0 Å². The van der Waals surface area contributed by atoms with Crippen molar-refractivity contribution in [2.75, 3.05) is 36.4 Å². The first-order valence-corrected chi connectivity index (χ1v) is 11.9. The molecule has 3 aromatic carbocycles. The lowest BCUT2D eigenvalue weighted by Gasteiger charge is -2.36. The standard InChI is InChI=1S/C26H27Cl2N3O2/c1-17(2)15-25(32)31-13-11-30(12-14-31)24-10-9-18(16-23(24)28)29-26(33)21-7-3-6-20-19(21)5-4-8-22(20)27/h3-10,16-17H,11-15H2,1-2H3,(H,29,33). The van der Waals surface area contributed by atoms with Crippen molar-refractivity contribution in [1.82, 2.24) is 4.90 Å². The smallest absolute Gasteiger partial charge is 0.256 e. The van der Waals surface area contributed by atoms with Crippen LogP contribution in [-0.4, -0.2) is 42.9 Å². The van der Waals surface area contributed by atoms with Crippen molar-refractivity contribution in [2.45, 2.75) is 20.3 Å². The van der Waals surface area contributed by atoms with Gasteiger partial charge in [0.25, 0.3) is 5.91 Å². The van der Waals surface area contributed by atoms with Crippen LogP contribution in [0.4, 0.5) is 11.4 Å². The van der Waals surface area contributed by atoms with Gasteiger partial charge < -0.3 is 15.1 Å². The van der Waals surface area contributed by atoms with E-state index in [2.05, 4.69) is 24.1 Å². The third-order valence-electron chi connectivity index (χ3n) is 5.87. The molecule has 0 saturated carbocycles. The highest BCUT2D eigenvalue weighted by molar-refractivity contribution is 6.36. The zero-order chi connectivity index (χ0) is 23.5. The predicted molar refractivity (Wildman–Crippen MR) is 137 cm³/mol. The summed E-state index contributed by atoms with van der Waals surface area (Å²) in [6.45, 7) is 6.94. The Balaban J connectivity index is 1.44. The van der Waals surface area contributed by atoms with Gasteiger partial charge in [-0.05, 0) is 41.6 Å². The van der Waals surface area contributed by atoms with Crippen molar-refractivity contribution in [3.8, 4) is 0 Å². The number of nitrogens with zero attached hydrogens (tertiary/aromatic N) is 2. The second kappa shape index (κ2) is 10.0. The maximum Gasteiger partial charge on any atom is 0.256 e. The van der Waals surface area contributed by atoms with Crippen LogP contribution in [0.5, 0.6) is 0 Å². The van der Waals surface area contributed by atoms with Crippen LogP contribution < -0.4 is 10.2 Å². The van der Waals surface area contributed by atoms with Crippen LogP contribution in [0, 0.1) is 5.92 Å². The number of nitrogens with one attached hydrogen (secondary N) is 1. The summed E-state index contributed by atoms with van der Waals surface area (Å²) >= 11 is 12.9. The van der Waals surface area contributed by atoms with Gasteiger partial charge in [0.1, 0.15) is 0 Å². The van der Waals surface area contributed by atoms with Crippen molar-refractivity contribution in [3.63, 3.8) is 0 Å². The van der Waals surface area contributed by atoms with Gasteiger partial charge in [0.05, 0.1) is 10.7 Å². The second-order valence-corrected chi connectivity index (χ2v) is 9.54. The first-order valence-electron chi connectivity index (χ1n) is 11.1. The van der Waals surface area contributed by atoms with E-state index in [9.17, 15) is 9.59 Å². The normalized spacial score (nSPS) is 14.1. The first kappa shape index (κ1) is 23.4. The summed E-state index contributed by atoms with van der Waals surface area (Å²) in [5.74, 6) is 0.353. The number of hydrogen-bond acceptors (Lipinski definition) is 3. The fourth-order valence-corrected chi connectivity index (χ4v) is 4.72. The molecule has 7 heteroatoms. The Hall–Kier alpha value is -2.76. The Morgan fingerprint density at radius 2 is 1.61 bits per heavy atom. The van der Waals surface area contributed by atoms with E-state index in [-0.39, 0.29) is 11.8 Å². The van der Waals surface area contributed by atoms with Crippen LogP contribution in [0.1, 0.15) is 30.6 Å². The van der Waals surface area contributed by atoms with E-state index in [1.54, 1.807) is 12.1 Å². The molecule has 0 unspecified atom stereocenters. The zero-order valence-electron chi connectivity index (χ0n) is 18.8. The number of fused-ring (bicyclic) bond motifs is 1. The van der Waals surface area contributed by atoms with Crippen LogP contribution in [0.3, 0.4) is 0 Å². The van der Waals surface area contributed by atoms with Gasteiger partial charge in [-0.1, -0.05) is 61.3 Å². The van der Waals surface area contributed by atoms with Crippen molar-refractivity contribution in [1.29, 1.82) is 0 Å². The molecule has 1 fully saturated rings. The number of rotatable bonds is 5. The summed E-state index contributed by atoms with van der Waals surface area (Å²) < 4.78 is 0. The van der Waals surface area contributed by atoms with Gasteiger partial charge in [-0.25, -0.2) is 0 Å². The van der Waals surface area contributed by atoms with Gasteiger partial charge in [0, 0.05) is 54.3 Å². The first-order chi connectivity index (χ1) is 15.8. The minimum atomic E-state index is -0.219. The topological polar surface area (TPSA) is 52.7 Å². The monoisotopic (exact) mass is 483 g/mol. The van der Waals surface area contributed by atoms with Crippen molar-refractivity contribution in [3.05, 3.63) is 70.2 Å². The lowest BCUT2D eigenvalue weighted by molar-refractivity contribution is -0.132. The predicted octanol–water partition coefficient (Wildman–Crippen LogP) is 6.09. The summed E-state index contributed by atoms with van der Waals surface area (Å²) in [4.78, 5) is 29.4. The van der Waals surface area contributed by atoms with Crippen LogP contribution in [0.2, 0.25) is 10.0 Å². The van der Waals surface area contributed by atoms with E-state index in [1.807, 2.05) is 47.4 Å². The third-order valence-corrected chi connectivity index (χ3v) is 6.51. The minimum Gasteiger partial charge on any atom is -0.367 e. The largest absolute Gasteiger partial charge is 0.367 e. The van der Waals surface area contributed by atoms with E-state index in [4.69, 9.17) is 23.2 Å². The van der Waals surface area contributed by atoms with E-state index in [0.29, 0.717) is 46.7 Å². The van der Waals surface area contributed by atoms with E-state index in [0.717, 1.165) is 29.5 Å². The summed E-state index contributed by atoms with van der Waals surface area (Å²) in [5.41, 5.74) is 2.08. The molecule has 0 aromatic heterocycles. The van der Waals surface area contributed by atoms with Crippen LogP contribution in [0.25, 0.3) is 10.8 Å². The average molecular weight is 484 g/mol. The van der Waals surface area contributed by atoms with Gasteiger partial charge in [0.15, 0.2) is 0 Å². The Kier molecular flexibility index (Phi) is 7.11. The molecule has 1 aliphatic heterocycles. The second-order valence-electron chi connectivity index (χ2n) is 8.73. The van der Waals surface area contributed by atoms with Crippen molar-refractivity contribution < 1.29 is 9.59 Å². The van der Waals surface area contributed by atoms with Crippen LogP contribution in [-0.2, 0) is 4.79 Å². The van der Waals surface area contributed by atoms with E-state index in [1.165, 1.54) is 0 Å². The molecule has 3 aromatic rings. The molecule has 2 amide bonds. The summed E-state index contributed by atoms with van der Waals surface area (Å²) in [6, 6.07) is 16.6. The van der Waals surface area contributed by atoms with Gasteiger partial charge in [0.2, 0.25) is 5.91 Å². The number of benzene rings is 3. The average Bonchev–Trinajstić information content (AvgIpc) is 2.79. The number of halogens is 2.